The fourth-order valence-corrected chi connectivity index (χ4v) is 1.22. The Balaban J connectivity index is 3.16. The molecule has 0 aliphatic carbocycles. The minimum atomic E-state index is 0.341. The van der Waals surface area contributed by atoms with Gasteiger partial charge in [-0.05, 0) is 38.6 Å². The van der Waals surface area contributed by atoms with E-state index in [-0.39, 0.29) is 0 Å². The Morgan fingerprint density at radius 2 is 1.90 bits per heavy atom. The highest BCUT2D eigenvalue weighted by molar-refractivity contribution is 4.60. The molecule has 0 rings (SSSR count). The summed E-state index contributed by atoms with van der Waals surface area (Å²) in [5.74, 6) is 0.739. The van der Waals surface area contributed by atoms with Crippen molar-refractivity contribution in [1.82, 2.24) is 0 Å². The van der Waals surface area contributed by atoms with Crippen molar-refractivity contribution in [3.63, 3.8) is 0 Å². The van der Waals surface area contributed by atoms with Crippen molar-refractivity contribution in [2.45, 2.75) is 39.2 Å². The largest absolute Gasteiger partial charge is 0.330 e. The number of hydrogen-bond acceptors (Lipinski definition) is 2. The molecule has 2 heteroatoms. The van der Waals surface area contributed by atoms with Crippen molar-refractivity contribution in [1.29, 1.82) is 0 Å². The molecular weight excluding hydrogens is 124 g/mol. The van der Waals surface area contributed by atoms with Crippen LogP contribution in [0.25, 0.3) is 0 Å². The maximum Gasteiger partial charge on any atom is 0.00130 e. The van der Waals surface area contributed by atoms with Crippen molar-refractivity contribution >= 4 is 0 Å². The molecule has 0 saturated heterocycles. The number of hydrogen-bond donors (Lipinski definition) is 2. The number of rotatable bonds is 5. The minimum absolute atomic E-state index is 0.341. The molecule has 0 aromatic heterocycles. The van der Waals surface area contributed by atoms with E-state index < -0.39 is 0 Å². The zero-order chi connectivity index (χ0) is 7.98. The topological polar surface area (TPSA) is 52.0 Å². The minimum Gasteiger partial charge on any atom is -0.330 e. The predicted molar refractivity (Wildman–Crippen MR) is 45.7 cm³/mol. The molecule has 62 valence electrons. The molecule has 0 amide bonds. The fourth-order valence-electron chi connectivity index (χ4n) is 1.22. The molecule has 0 aliphatic rings. The zero-order valence-electron chi connectivity index (χ0n) is 7.14. The third-order valence-corrected chi connectivity index (χ3v) is 1.68. The molecule has 0 spiro atoms. The van der Waals surface area contributed by atoms with Gasteiger partial charge in [0.1, 0.15) is 0 Å². The van der Waals surface area contributed by atoms with Crippen LogP contribution in [0.1, 0.15) is 33.1 Å². The van der Waals surface area contributed by atoms with Crippen LogP contribution < -0.4 is 11.5 Å². The maximum absolute atomic E-state index is 5.63. The molecule has 2 unspecified atom stereocenters. The lowest BCUT2D eigenvalue weighted by Crippen LogP contribution is -2.18. The van der Waals surface area contributed by atoms with Gasteiger partial charge in [0.2, 0.25) is 0 Å². The van der Waals surface area contributed by atoms with Crippen LogP contribution in [-0.2, 0) is 0 Å². The molecule has 0 aromatic carbocycles. The Hall–Kier alpha value is -0.0800. The standard InChI is InChI=1S/C8H20N2/c1-7(4-3-5-9)6-8(2)10/h7-8H,3-6,9-10H2,1-2H3. The van der Waals surface area contributed by atoms with E-state index in [9.17, 15) is 0 Å². The van der Waals surface area contributed by atoms with Crippen LogP contribution in [0, 0.1) is 5.92 Å². The summed E-state index contributed by atoms with van der Waals surface area (Å²) < 4.78 is 0. The molecule has 4 N–H and O–H groups in total. The van der Waals surface area contributed by atoms with Crippen molar-refractivity contribution in [2.75, 3.05) is 6.54 Å². The molecule has 0 aromatic rings. The summed E-state index contributed by atoms with van der Waals surface area (Å²) in [6.07, 6.45) is 3.48. The highest BCUT2D eigenvalue weighted by Gasteiger charge is 2.03. The lowest BCUT2D eigenvalue weighted by Gasteiger charge is -2.12. The van der Waals surface area contributed by atoms with Gasteiger partial charge in [-0.2, -0.15) is 0 Å². The quantitative estimate of drug-likeness (QED) is 0.607. The molecule has 2 atom stereocenters. The van der Waals surface area contributed by atoms with Gasteiger partial charge in [0.15, 0.2) is 0 Å². The first-order valence-electron chi connectivity index (χ1n) is 4.12. The highest BCUT2D eigenvalue weighted by atomic mass is 14.6. The van der Waals surface area contributed by atoms with E-state index in [0.717, 1.165) is 25.3 Å². The van der Waals surface area contributed by atoms with Crippen LogP contribution in [0.2, 0.25) is 0 Å². The van der Waals surface area contributed by atoms with Crippen molar-refractivity contribution in [2.24, 2.45) is 17.4 Å². The first-order chi connectivity index (χ1) is 4.66. The molecule has 0 fully saturated rings. The van der Waals surface area contributed by atoms with Gasteiger partial charge >= 0.3 is 0 Å². The third-order valence-electron chi connectivity index (χ3n) is 1.68. The molecule has 0 heterocycles. The first-order valence-corrected chi connectivity index (χ1v) is 4.12. The van der Waals surface area contributed by atoms with Gasteiger partial charge in [-0.1, -0.05) is 6.92 Å². The highest BCUT2D eigenvalue weighted by Crippen LogP contribution is 2.10. The summed E-state index contributed by atoms with van der Waals surface area (Å²) in [6.45, 7) is 5.10. The first kappa shape index (κ1) is 9.92. The van der Waals surface area contributed by atoms with Crippen molar-refractivity contribution < 1.29 is 0 Å². The monoisotopic (exact) mass is 144 g/mol. The molecule has 10 heavy (non-hydrogen) atoms. The Labute approximate surface area is 64.0 Å². The average Bonchev–Trinajstić information content (AvgIpc) is 1.82. The van der Waals surface area contributed by atoms with E-state index >= 15 is 0 Å². The van der Waals surface area contributed by atoms with Gasteiger partial charge in [0.05, 0.1) is 0 Å². The summed E-state index contributed by atoms with van der Waals surface area (Å²) in [5, 5.41) is 0. The molecule has 0 aliphatic heterocycles. The Morgan fingerprint density at radius 3 is 2.30 bits per heavy atom. The second-order valence-electron chi connectivity index (χ2n) is 3.25. The lowest BCUT2D eigenvalue weighted by molar-refractivity contribution is 0.442. The molecule has 0 bridgehead atoms. The van der Waals surface area contributed by atoms with Crippen LogP contribution >= 0.6 is 0 Å². The summed E-state index contributed by atoms with van der Waals surface area (Å²) in [7, 11) is 0. The van der Waals surface area contributed by atoms with Crippen LogP contribution in [0.5, 0.6) is 0 Å². The van der Waals surface area contributed by atoms with Gasteiger partial charge in [-0.25, -0.2) is 0 Å². The normalized spacial score (nSPS) is 16.8. The van der Waals surface area contributed by atoms with Crippen LogP contribution in [0.3, 0.4) is 0 Å². The molecular formula is C8H20N2. The third kappa shape index (κ3) is 6.05. The smallest absolute Gasteiger partial charge is 0.00130 e. The maximum atomic E-state index is 5.63. The van der Waals surface area contributed by atoms with Crippen LogP contribution in [0.15, 0.2) is 0 Å². The van der Waals surface area contributed by atoms with E-state index in [1.807, 2.05) is 0 Å². The Kier molecular flexibility index (Phi) is 5.64. The summed E-state index contributed by atoms with van der Waals surface area (Å²) in [6, 6.07) is 0.341. The Bertz CT molecular complexity index is 71.7. The van der Waals surface area contributed by atoms with Gasteiger partial charge < -0.3 is 11.5 Å². The lowest BCUT2D eigenvalue weighted by atomic mass is 9.98. The van der Waals surface area contributed by atoms with Crippen LogP contribution in [0.4, 0.5) is 0 Å². The van der Waals surface area contributed by atoms with E-state index in [4.69, 9.17) is 11.5 Å². The van der Waals surface area contributed by atoms with E-state index in [1.54, 1.807) is 0 Å². The van der Waals surface area contributed by atoms with Gasteiger partial charge in [0, 0.05) is 6.04 Å². The summed E-state index contributed by atoms with van der Waals surface area (Å²) in [5.41, 5.74) is 11.0. The molecule has 0 radical (unpaired) electrons. The number of nitrogens with two attached hydrogens (primary N) is 2. The second kappa shape index (κ2) is 5.69. The van der Waals surface area contributed by atoms with Gasteiger partial charge in [-0.3, -0.25) is 0 Å². The summed E-state index contributed by atoms with van der Waals surface area (Å²) in [4.78, 5) is 0. The van der Waals surface area contributed by atoms with Crippen molar-refractivity contribution in [3.05, 3.63) is 0 Å². The second-order valence-corrected chi connectivity index (χ2v) is 3.25. The van der Waals surface area contributed by atoms with E-state index in [1.165, 1.54) is 6.42 Å². The average molecular weight is 144 g/mol. The predicted octanol–water partition coefficient (Wildman–Crippen LogP) is 1.10. The van der Waals surface area contributed by atoms with E-state index in [0.29, 0.717) is 6.04 Å². The summed E-state index contributed by atoms with van der Waals surface area (Å²) >= 11 is 0. The van der Waals surface area contributed by atoms with Gasteiger partial charge in [0.25, 0.3) is 0 Å². The zero-order valence-corrected chi connectivity index (χ0v) is 7.14. The van der Waals surface area contributed by atoms with Gasteiger partial charge in [-0.15, -0.1) is 0 Å². The van der Waals surface area contributed by atoms with Crippen molar-refractivity contribution in [3.8, 4) is 0 Å². The van der Waals surface area contributed by atoms with E-state index in [2.05, 4.69) is 13.8 Å². The molecule has 0 saturated carbocycles. The fraction of sp³-hybridized carbons (Fsp3) is 1.00. The Morgan fingerprint density at radius 1 is 1.30 bits per heavy atom. The van der Waals surface area contributed by atoms with Crippen LogP contribution in [-0.4, -0.2) is 12.6 Å². The molecule has 2 nitrogen and oxygen atoms in total. The SMILES string of the molecule is CC(N)CC(C)CCCN.